The first kappa shape index (κ1) is 12.0. The third kappa shape index (κ3) is 3.51. The van der Waals surface area contributed by atoms with Crippen LogP contribution in [0, 0.1) is 6.92 Å². The van der Waals surface area contributed by atoms with Gasteiger partial charge in [-0.25, -0.2) is 9.97 Å². The molecule has 1 N–H and O–H groups in total. The molecule has 0 radical (unpaired) electrons. The molecular formula is C12H15N3OS. The molecule has 5 heteroatoms. The van der Waals surface area contributed by atoms with Crippen molar-refractivity contribution in [2.24, 2.45) is 0 Å². The highest BCUT2D eigenvalue weighted by atomic mass is 32.1. The summed E-state index contributed by atoms with van der Waals surface area (Å²) >= 11 is 1.68. The zero-order valence-electron chi connectivity index (χ0n) is 9.93. The second kappa shape index (κ2) is 5.75. The number of aryl methyl sites for hydroxylation is 1. The Kier molecular flexibility index (Phi) is 4.06. The summed E-state index contributed by atoms with van der Waals surface area (Å²) in [5, 5.41) is 6.52. The molecule has 0 fully saturated rings. The minimum Gasteiger partial charge on any atom is -0.481 e. The van der Waals surface area contributed by atoms with Gasteiger partial charge in [-0.3, -0.25) is 0 Å². The molecule has 0 unspecified atom stereocenters. The molecule has 4 nitrogen and oxygen atoms in total. The summed E-state index contributed by atoms with van der Waals surface area (Å²) in [7, 11) is 1.62. The van der Waals surface area contributed by atoms with E-state index in [9.17, 15) is 0 Å². The van der Waals surface area contributed by atoms with Crippen LogP contribution in [-0.2, 0) is 13.1 Å². The highest BCUT2D eigenvalue weighted by molar-refractivity contribution is 7.09. The van der Waals surface area contributed by atoms with Crippen LogP contribution in [0.25, 0.3) is 0 Å². The van der Waals surface area contributed by atoms with Gasteiger partial charge in [-0.1, -0.05) is 0 Å². The van der Waals surface area contributed by atoms with Crippen LogP contribution in [-0.4, -0.2) is 17.1 Å². The maximum atomic E-state index is 5.07. The summed E-state index contributed by atoms with van der Waals surface area (Å²) in [5.74, 6) is 0.648. The van der Waals surface area contributed by atoms with Gasteiger partial charge in [0.05, 0.1) is 7.11 Å². The lowest BCUT2D eigenvalue weighted by Gasteiger charge is -2.04. The fourth-order valence-electron chi connectivity index (χ4n) is 1.47. The number of methoxy groups -OCH3 is 1. The van der Waals surface area contributed by atoms with E-state index >= 15 is 0 Å². The molecule has 0 aliphatic heterocycles. The smallest absolute Gasteiger partial charge is 0.213 e. The molecule has 0 saturated carbocycles. The Morgan fingerprint density at radius 3 is 3.00 bits per heavy atom. The van der Waals surface area contributed by atoms with Gasteiger partial charge in [0.2, 0.25) is 5.88 Å². The van der Waals surface area contributed by atoms with Gasteiger partial charge < -0.3 is 10.1 Å². The van der Waals surface area contributed by atoms with Crippen LogP contribution in [0.4, 0.5) is 0 Å². The molecule has 2 aromatic rings. The minimum absolute atomic E-state index is 0.648. The van der Waals surface area contributed by atoms with Crippen molar-refractivity contribution in [3.63, 3.8) is 0 Å². The van der Waals surface area contributed by atoms with E-state index in [1.54, 1.807) is 24.6 Å². The molecule has 17 heavy (non-hydrogen) atoms. The Morgan fingerprint density at radius 1 is 1.41 bits per heavy atom. The number of aromatic nitrogens is 2. The fraction of sp³-hybridized carbons (Fsp3) is 0.333. The van der Waals surface area contributed by atoms with Gasteiger partial charge in [0, 0.05) is 36.4 Å². The normalized spacial score (nSPS) is 10.5. The van der Waals surface area contributed by atoms with E-state index in [-0.39, 0.29) is 0 Å². The lowest BCUT2D eigenvalue weighted by molar-refractivity contribution is 0.397. The van der Waals surface area contributed by atoms with E-state index in [0.29, 0.717) is 5.88 Å². The average molecular weight is 249 g/mol. The van der Waals surface area contributed by atoms with E-state index in [0.717, 1.165) is 29.4 Å². The third-order valence-electron chi connectivity index (χ3n) is 2.28. The molecule has 0 aromatic carbocycles. The molecule has 0 amide bonds. The van der Waals surface area contributed by atoms with E-state index in [1.165, 1.54) is 0 Å². The standard InChI is InChI=1S/C12H15N3OS/c1-9-8-17-12(15-9)7-13-6-10-3-4-14-11(5-10)16-2/h3-5,8,13H,6-7H2,1-2H3. The van der Waals surface area contributed by atoms with E-state index in [1.807, 2.05) is 19.1 Å². The van der Waals surface area contributed by atoms with Crippen molar-refractivity contribution in [1.82, 2.24) is 15.3 Å². The first-order valence-corrected chi connectivity index (χ1v) is 6.26. The van der Waals surface area contributed by atoms with Crippen molar-refractivity contribution in [3.8, 4) is 5.88 Å². The van der Waals surface area contributed by atoms with Crippen LogP contribution < -0.4 is 10.1 Å². The Hall–Kier alpha value is -1.46. The number of thiazole rings is 1. The van der Waals surface area contributed by atoms with Crippen LogP contribution in [0.15, 0.2) is 23.7 Å². The molecule has 2 rings (SSSR count). The molecule has 0 bridgehead atoms. The number of rotatable bonds is 5. The summed E-state index contributed by atoms with van der Waals surface area (Å²) in [6.07, 6.45) is 1.75. The second-order valence-corrected chi connectivity index (χ2v) is 4.64. The van der Waals surface area contributed by atoms with Gasteiger partial charge in [0.1, 0.15) is 5.01 Å². The molecule has 90 valence electrons. The Labute approximate surface area is 105 Å². The highest BCUT2D eigenvalue weighted by Gasteiger charge is 1.99. The van der Waals surface area contributed by atoms with Gasteiger partial charge in [0.25, 0.3) is 0 Å². The summed E-state index contributed by atoms with van der Waals surface area (Å²) < 4.78 is 5.07. The molecule has 0 spiro atoms. The number of hydrogen-bond donors (Lipinski definition) is 1. The van der Waals surface area contributed by atoms with E-state index in [2.05, 4.69) is 20.7 Å². The number of nitrogens with one attached hydrogen (secondary N) is 1. The molecule has 0 aliphatic carbocycles. The predicted molar refractivity (Wildman–Crippen MR) is 68.2 cm³/mol. The lowest BCUT2D eigenvalue weighted by atomic mass is 10.2. The molecular weight excluding hydrogens is 234 g/mol. The van der Waals surface area contributed by atoms with Crippen LogP contribution in [0.1, 0.15) is 16.3 Å². The van der Waals surface area contributed by atoms with Crippen LogP contribution in [0.5, 0.6) is 5.88 Å². The first-order chi connectivity index (χ1) is 8.28. The quantitative estimate of drug-likeness (QED) is 0.882. The van der Waals surface area contributed by atoms with Crippen molar-refractivity contribution in [3.05, 3.63) is 40.0 Å². The van der Waals surface area contributed by atoms with Gasteiger partial charge in [-0.2, -0.15) is 0 Å². The van der Waals surface area contributed by atoms with Gasteiger partial charge in [-0.05, 0) is 18.6 Å². The van der Waals surface area contributed by atoms with Crippen LogP contribution >= 0.6 is 11.3 Å². The number of hydrogen-bond acceptors (Lipinski definition) is 5. The zero-order valence-corrected chi connectivity index (χ0v) is 10.8. The maximum absolute atomic E-state index is 5.07. The van der Waals surface area contributed by atoms with E-state index in [4.69, 9.17) is 4.74 Å². The van der Waals surface area contributed by atoms with Crippen molar-refractivity contribution in [1.29, 1.82) is 0 Å². The molecule has 2 heterocycles. The fourth-order valence-corrected chi connectivity index (χ4v) is 2.21. The molecule has 0 atom stereocenters. The largest absolute Gasteiger partial charge is 0.481 e. The zero-order chi connectivity index (χ0) is 12.1. The second-order valence-electron chi connectivity index (χ2n) is 3.69. The summed E-state index contributed by atoms with van der Waals surface area (Å²) in [6.45, 7) is 3.59. The van der Waals surface area contributed by atoms with Gasteiger partial charge in [0.15, 0.2) is 0 Å². The summed E-state index contributed by atoms with van der Waals surface area (Å²) in [4.78, 5) is 8.46. The Morgan fingerprint density at radius 2 is 2.29 bits per heavy atom. The van der Waals surface area contributed by atoms with E-state index < -0.39 is 0 Å². The third-order valence-corrected chi connectivity index (χ3v) is 3.25. The van der Waals surface area contributed by atoms with Crippen molar-refractivity contribution in [2.45, 2.75) is 20.0 Å². The van der Waals surface area contributed by atoms with Crippen LogP contribution in [0.2, 0.25) is 0 Å². The molecule has 0 aliphatic rings. The molecule has 2 aromatic heterocycles. The number of ether oxygens (including phenoxy) is 1. The number of nitrogens with zero attached hydrogens (tertiary/aromatic N) is 2. The topological polar surface area (TPSA) is 47.0 Å². The first-order valence-electron chi connectivity index (χ1n) is 5.38. The highest BCUT2D eigenvalue weighted by Crippen LogP contribution is 2.10. The summed E-state index contributed by atoms with van der Waals surface area (Å²) in [5.41, 5.74) is 2.24. The minimum atomic E-state index is 0.648. The van der Waals surface area contributed by atoms with Crippen molar-refractivity contribution >= 4 is 11.3 Å². The van der Waals surface area contributed by atoms with Gasteiger partial charge >= 0.3 is 0 Å². The Bertz CT molecular complexity index is 484. The Balaban J connectivity index is 1.85. The maximum Gasteiger partial charge on any atom is 0.213 e. The summed E-state index contributed by atoms with van der Waals surface area (Å²) in [6, 6.07) is 3.91. The lowest BCUT2D eigenvalue weighted by Crippen LogP contribution is -2.12. The van der Waals surface area contributed by atoms with Gasteiger partial charge in [-0.15, -0.1) is 11.3 Å². The average Bonchev–Trinajstić information content (AvgIpc) is 2.75. The van der Waals surface area contributed by atoms with Crippen molar-refractivity contribution < 1.29 is 4.74 Å². The monoisotopic (exact) mass is 249 g/mol. The van der Waals surface area contributed by atoms with Crippen LogP contribution in [0.3, 0.4) is 0 Å². The SMILES string of the molecule is COc1cc(CNCc2nc(C)cs2)ccn1. The van der Waals surface area contributed by atoms with Crippen molar-refractivity contribution in [2.75, 3.05) is 7.11 Å². The molecule has 0 saturated heterocycles. The number of pyridine rings is 1. The predicted octanol–water partition coefficient (Wildman–Crippen LogP) is 2.14.